The van der Waals surface area contributed by atoms with Crippen molar-refractivity contribution in [3.8, 4) is 0 Å². The van der Waals surface area contributed by atoms with Crippen LogP contribution in [0.4, 0.5) is 0 Å². The number of methoxy groups -OCH3 is 1. The molecule has 154 valence electrons. The number of rotatable bonds is 2. The SMILES string of the molecule is COC(=O)[C@@H]1C[C@H](O)C(O)C2[C@@]1(C)CC[C@H]1C(=O)O[C@H](c3ccoc3)C[C@]21C. The van der Waals surface area contributed by atoms with E-state index in [-0.39, 0.29) is 24.3 Å². The number of aliphatic hydroxyl groups excluding tert-OH is 2. The summed E-state index contributed by atoms with van der Waals surface area (Å²) in [5.74, 6) is -2.00. The molecule has 7 nitrogen and oxygen atoms in total. The summed E-state index contributed by atoms with van der Waals surface area (Å²) in [4.78, 5) is 25.4. The number of cyclic esters (lactones) is 1. The maximum Gasteiger partial charge on any atom is 0.310 e. The summed E-state index contributed by atoms with van der Waals surface area (Å²) in [5, 5.41) is 21.6. The van der Waals surface area contributed by atoms with Crippen LogP contribution in [0.1, 0.15) is 51.2 Å². The molecule has 1 saturated heterocycles. The number of hydrogen-bond acceptors (Lipinski definition) is 7. The Morgan fingerprint density at radius 2 is 2.04 bits per heavy atom. The second-order valence-corrected chi connectivity index (χ2v) is 9.14. The average Bonchev–Trinajstić information content (AvgIpc) is 3.18. The van der Waals surface area contributed by atoms with Gasteiger partial charge in [-0.05, 0) is 48.5 Å². The van der Waals surface area contributed by atoms with Gasteiger partial charge in [0, 0.05) is 5.56 Å². The van der Waals surface area contributed by atoms with Crippen molar-refractivity contribution in [1.29, 1.82) is 0 Å². The molecule has 2 saturated carbocycles. The lowest BCUT2D eigenvalue weighted by atomic mass is 9.42. The van der Waals surface area contributed by atoms with Gasteiger partial charge in [0.05, 0.1) is 43.7 Å². The van der Waals surface area contributed by atoms with Gasteiger partial charge in [0.25, 0.3) is 0 Å². The van der Waals surface area contributed by atoms with Gasteiger partial charge in [0.1, 0.15) is 6.10 Å². The largest absolute Gasteiger partial charge is 0.472 e. The highest BCUT2D eigenvalue weighted by atomic mass is 16.5. The lowest BCUT2D eigenvalue weighted by Gasteiger charge is -2.63. The summed E-state index contributed by atoms with van der Waals surface area (Å²) in [6, 6.07) is 1.77. The van der Waals surface area contributed by atoms with Crippen molar-refractivity contribution in [1.82, 2.24) is 0 Å². The minimum Gasteiger partial charge on any atom is -0.472 e. The lowest BCUT2D eigenvalue weighted by Crippen LogP contribution is -2.65. The predicted molar refractivity (Wildman–Crippen MR) is 96.7 cm³/mol. The Hall–Kier alpha value is -1.86. The first kappa shape index (κ1) is 19.5. The first-order valence-corrected chi connectivity index (χ1v) is 9.89. The lowest BCUT2D eigenvalue weighted by molar-refractivity contribution is -0.236. The zero-order valence-electron chi connectivity index (χ0n) is 16.5. The third-order valence-electron chi connectivity index (χ3n) is 7.77. The van der Waals surface area contributed by atoms with Gasteiger partial charge in [-0.2, -0.15) is 0 Å². The highest BCUT2D eigenvalue weighted by Gasteiger charge is 2.66. The second-order valence-electron chi connectivity index (χ2n) is 9.14. The third-order valence-corrected chi connectivity index (χ3v) is 7.77. The number of carbonyl (C=O) groups is 2. The summed E-state index contributed by atoms with van der Waals surface area (Å²) >= 11 is 0. The summed E-state index contributed by atoms with van der Waals surface area (Å²) < 4.78 is 15.9. The van der Waals surface area contributed by atoms with E-state index in [1.54, 1.807) is 12.3 Å². The smallest absolute Gasteiger partial charge is 0.310 e. The van der Waals surface area contributed by atoms with Crippen molar-refractivity contribution in [2.75, 3.05) is 7.11 Å². The Labute approximate surface area is 164 Å². The Balaban J connectivity index is 1.77. The van der Waals surface area contributed by atoms with E-state index in [1.165, 1.54) is 13.4 Å². The molecule has 2 N–H and O–H groups in total. The number of aliphatic hydroxyl groups is 2. The van der Waals surface area contributed by atoms with Crippen LogP contribution in [-0.2, 0) is 19.1 Å². The van der Waals surface area contributed by atoms with Gasteiger partial charge in [-0.1, -0.05) is 13.8 Å². The van der Waals surface area contributed by atoms with Gasteiger partial charge < -0.3 is 24.1 Å². The van der Waals surface area contributed by atoms with Crippen LogP contribution in [0, 0.1) is 28.6 Å². The number of carbonyl (C=O) groups excluding carboxylic acids is 2. The maximum absolute atomic E-state index is 12.9. The van der Waals surface area contributed by atoms with E-state index in [2.05, 4.69) is 0 Å². The number of esters is 2. The molecule has 2 aliphatic carbocycles. The Morgan fingerprint density at radius 1 is 1.29 bits per heavy atom. The molecule has 7 heteroatoms. The quantitative estimate of drug-likeness (QED) is 0.743. The van der Waals surface area contributed by atoms with Crippen LogP contribution in [-0.4, -0.2) is 41.5 Å². The topological polar surface area (TPSA) is 106 Å². The molecule has 2 unspecified atom stereocenters. The van der Waals surface area contributed by atoms with Crippen LogP contribution in [0.2, 0.25) is 0 Å². The molecule has 0 aromatic carbocycles. The van der Waals surface area contributed by atoms with Crippen LogP contribution in [0.25, 0.3) is 0 Å². The molecule has 0 spiro atoms. The van der Waals surface area contributed by atoms with Crippen LogP contribution in [0.3, 0.4) is 0 Å². The molecule has 3 aliphatic rings. The summed E-state index contributed by atoms with van der Waals surface area (Å²) in [6.45, 7) is 3.98. The molecular weight excluding hydrogens is 364 g/mol. The van der Waals surface area contributed by atoms with Crippen LogP contribution < -0.4 is 0 Å². The number of fused-ring (bicyclic) bond motifs is 3. The minimum absolute atomic E-state index is 0.164. The van der Waals surface area contributed by atoms with Gasteiger partial charge in [-0.3, -0.25) is 9.59 Å². The van der Waals surface area contributed by atoms with E-state index >= 15 is 0 Å². The molecule has 2 heterocycles. The first-order chi connectivity index (χ1) is 13.2. The van der Waals surface area contributed by atoms with Crippen molar-refractivity contribution in [2.24, 2.45) is 28.6 Å². The molecule has 1 aromatic heterocycles. The normalized spacial score (nSPS) is 45.5. The number of furan rings is 1. The van der Waals surface area contributed by atoms with Gasteiger partial charge in [0.15, 0.2) is 0 Å². The highest BCUT2D eigenvalue weighted by molar-refractivity contribution is 5.76. The zero-order valence-corrected chi connectivity index (χ0v) is 16.5. The standard InChI is InChI=1S/C21H28O7/c1-20-6-4-12-19(25)28-15(11-5-7-27-10-11)9-21(12,2)17(20)16(23)14(22)8-13(20)18(24)26-3/h5,7,10,12-17,22-23H,4,6,8-9H2,1-3H3/t12-,13-,14-,15-,16?,17?,20-,21-/m0/s1. The van der Waals surface area contributed by atoms with Crippen LogP contribution >= 0.6 is 0 Å². The fraction of sp³-hybridized carbons (Fsp3) is 0.714. The van der Waals surface area contributed by atoms with Crippen molar-refractivity contribution in [3.63, 3.8) is 0 Å². The van der Waals surface area contributed by atoms with E-state index in [9.17, 15) is 19.8 Å². The predicted octanol–water partition coefficient (Wildman–Crippen LogP) is 2.22. The molecule has 8 atom stereocenters. The monoisotopic (exact) mass is 392 g/mol. The molecule has 1 aromatic rings. The van der Waals surface area contributed by atoms with Gasteiger partial charge >= 0.3 is 11.9 Å². The number of hydrogen-bond donors (Lipinski definition) is 2. The Kier molecular flexibility index (Phi) is 4.58. The highest BCUT2D eigenvalue weighted by Crippen LogP contribution is 2.65. The third kappa shape index (κ3) is 2.63. The van der Waals surface area contributed by atoms with E-state index in [4.69, 9.17) is 13.9 Å². The zero-order chi connectivity index (χ0) is 20.3. The van der Waals surface area contributed by atoms with Crippen LogP contribution in [0.5, 0.6) is 0 Å². The van der Waals surface area contributed by atoms with E-state index in [1.807, 2.05) is 13.8 Å². The summed E-state index contributed by atoms with van der Waals surface area (Å²) in [7, 11) is 1.35. The van der Waals surface area contributed by atoms with Crippen LogP contribution in [0.15, 0.2) is 23.0 Å². The fourth-order valence-corrected chi connectivity index (χ4v) is 6.43. The fourth-order valence-electron chi connectivity index (χ4n) is 6.43. The molecular formula is C21H28O7. The van der Waals surface area contributed by atoms with Crippen molar-refractivity contribution in [3.05, 3.63) is 24.2 Å². The Morgan fingerprint density at radius 3 is 2.68 bits per heavy atom. The van der Waals surface area contributed by atoms with Gasteiger partial charge in [-0.25, -0.2) is 0 Å². The van der Waals surface area contributed by atoms with E-state index in [0.717, 1.165) is 5.56 Å². The van der Waals surface area contributed by atoms with Crippen molar-refractivity contribution in [2.45, 2.75) is 57.8 Å². The molecule has 0 bridgehead atoms. The van der Waals surface area contributed by atoms with Gasteiger partial charge in [-0.15, -0.1) is 0 Å². The second kappa shape index (κ2) is 6.59. The average molecular weight is 392 g/mol. The van der Waals surface area contributed by atoms with E-state index in [0.29, 0.717) is 19.3 Å². The first-order valence-electron chi connectivity index (χ1n) is 9.89. The van der Waals surface area contributed by atoms with Crippen molar-refractivity contribution < 1.29 is 33.7 Å². The van der Waals surface area contributed by atoms with E-state index < -0.39 is 41.0 Å². The molecule has 28 heavy (non-hydrogen) atoms. The minimum atomic E-state index is -1.04. The Bertz CT molecular complexity index is 759. The van der Waals surface area contributed by atoms with Gasteiger partial charge in [0.2, 0.25) is 0 Å². The molecule has 4 rings (SSSR count). The summed E-state index contributed by atoms with van der Waals surface area (Å²) in [5.41, 5.74) is -0.428. The molecule has 3 fully saturated rings. The molecule has 1 aliphatic heterocycles. The maximum atomic E-state index is 12.9. The molecule has 0 amide bonds. The summed E-state index contributed by atoms with van der Waals surface area (Å²) in [6.07, 6.45) is 2.40. The van der Waals surface area contributed by atoms with Crippen molar-refractivity contribution >= 4 is 11.9 Å². The number of ether oxygens (including phenoxy) is 2. The molecule has 0 radical (unpaired) electrons.